The van der Waals surface area contributed by atoms with Crippen LogP contribution in [0.2, 0.25) is 0 Å². The molecule has 1 amide bonds. The number of H-pyrrole nitrogens is 1. The Morgan fingerprint density at radius 1 is 1.53 bits per heavy atom. The molecule has 0 spiro atoms. The van der Waals surface area contributed by atoms with Gasteiger partial charge >= 0.3 is 0 Å². The van der Waals surface area contributed by atoms with E-state index in [4.69, 9.17) is 0 Å². The molecule has 1 fully saturated rings. The summed E-state index contributed by atoms with van der Waals surface area (Å²) in [5, 5.41) is 22.0. The molecule has 0 unspecified atom stereocenters. The van der Waals surface area contributed by atoms with Crippen LogP contribution in [-0.4, -0.2) is 38.6 Å². The highest BCUT2D eigenvalue weighted by Crippen LogP contribution is 2.18. The van der Waals surface area contributed by atoms with Gasteiger partial charge in [-0.2, -0.15) is 15.4 Å². The van der Waals surface area contributed by atoms with Crippen LogP contribution in [0.1, 0.15) is 36.2 Å². The van der Waals surface area contributed by atoms with E-state index < -0.39 is 6.10 Å². The number of aromatic amines is 1. The molecule has 1 aliphatic rings. The van der Waals surface area contributed by atoms with Crippen LogP contribution in [0.15, 0.2) is 6.20 Å². The van der Waals surface area contributed by atoms with Crippen molar-refractivity contribution in [2.24, 2.45) is 0 Å². The summed E-state index contributed by atoms with van der Waals surface area (Å²) in [5.74, 6) is -0.283. The van der Waals surface area contributed by atoms with Crippen LogP contribution in [0.25, 0.3) is 0 Å². The lowest BCUT2D eigenvalue weighted by atomic mass is 9.92. The van der Waals surface area contributed by atoms with Gasteiger partial charge in [0.25, 0.3) is 5.91 Å². The van der Waals surface area contributed by atoms with Crippen molar-refractivity contribution in [2.75, 3.05) is 0 Å². The van der Waals surface area contributed by atoms with Gasteiger partial charge in [0.05, 0.1) is 18.3 Å². The Kier molecular flexibility index (Phi) is 2.96. The maximum absolute atomic E-state index is 11.6. The third kappa shape index (κ3) is 2.33. The molecule has 0 radical (unpaired) electrons. The molecule has 0 bridgehead atoms. The van der Waals surface area contributed by atoms with Gasteiger partial charge in [-0.15, -0.1) is 0 Å². The molecule has 1 heterocycles. The van der Waals surface area contributed by atoms with E-state index in [0.29, 0.717) is 0 Å². The van der Waals surface area contributed by atoms with E-state index in [1.54, 1.807) is 0 Å². The number of nitrogens with one attached hydrogen (secondary N) is 2. The summed E-state index contributed by atoms with van der Waals surface area (Å²) in [6.45, 7) is 0. The average molecular weight is 210 g/mol. The predicted octanol–water partition coefficient (Wildman–Crippen LogP) is -0.162. The third-order valence-electron chi connectivity index (χ3n) is 2.69. The number of nitrogens with zero attached hydrogens (tertiary/aromatic N) is 2. The lowest BCUT2D eigenvalue weighted by Gasteiger charge is -2.27. The molecule has 0 aromatic carbocycles. The summed E-state index contributed by atoms with van der Waals surface area (Å²) >= 11 is 0. The van der Waals surface area contributed by atoms with Crippen molar-refractivity contribution in [3.05, 3.63) is 11.9 Å². The Hall–Kier alpha value is -1.43. The SMILES string of the molecule is O=C(N[C@H]1CCCC[C@@H]1O)c1cn[nH]n1. The number of carbonyl (C=O) groups is 1. The number of carbonyl (C=O) groups excluding carboxylic acids is 1. The summed E-state index contributed by atoms with van der Waals surface area (Å²) in [5.41, 5.74) is 0.257. The Bertz CT molecular complexity index is 325. The molecule has 1 aromatic rings. The zero-order valence-electron chi connectivity index (χ0n) is 8.31. The van der Waals surface area contributed by atoms with Gasteiger partial charge in [0.2, 0.25) is 0 Å². The minimum Gasteiger partial charge on any atom is -0.391 e. The van der Waals surface area contributed by atoms with Crippen LogP contribution in [0, 0.1) is 0 Å². The van der Waals surface area contributed by atoms with Gasteiger partial charge in [-0.3, -0.25) is 4.79 Å². The average Bonchev–Trinajstić information content (AvgIpc) is 2.74. The standard InChI is InChI=1S/C9H14N4O2/c14-8-4-2-1-3-6(8)11-9(15)7-5-10-13-12-7/h5-6,8,14H,1-4H2,(H,11,15)(H,10,12,13)/t6-,8-/m0/s1. The smallest absolute Gasteiger partial charge is 0.273 e. The van der Waals surface area contributed by atoms with Crippen LogP contribution in [0.3, 0.4) is 0 Å². The van der Waals surface area contributed by atoms with Crippen LogP contribution in [0.4, 0.5) is 0 Å². The lowest BCUT2D eigenvalue weighted by Crippen LogP contribution is -2.45. The fourth-order valence-electron chi connectivity index (χ4n) is 1.83. The molecule has 1 saturated carbocycles. The number of aliphatic hydroxyl groups is 1. The van der Waals surface area contributed by atoms with Crippen LogP contribution in [0.5, 0.6) is 0 Å². The number of hydrogen-bond donors (Lipinski definition) is 3. The number of rotatable bonds is 2. The van der Waals surface area contributed by atoms with Gasteiger partial charge < -0.3 is 10.4 Å². The highest BCUT2D eigenvalue weighted by atomic mass is 16.3. The van der Waals surface area contributed by atoms with Crippen molar-refractivity contribution in [2.45, 2.75) is 37.8 Å². The van der Waals surface area contributed by atoms with Crippen LogP contribution < -0.4 is 5.32 Å². The topological polar surface area (TPSA) is 90.9 Å². The first-order chi connectivity index (χ1) is 7.27. The number of hydrogen-bond acceptors (Lipinski definition) is 4. The quantitative estimate of drug-likeness (QED) is 0.632. The lowest BCUT2D eigenvalue weighted by molar-refractivity contribution is 0.0713. The predicted molar refractivity (Wildman–Crippen MR) is 52.1 cm³/mol. The Labute approximate surface area is 87.1 Å². The van der Waals surface area contributed by atoms with Crippen molar-refractivity contribution in [1.29, 1.82) is 0 Å². The molecule has 82 valence electrons. The molecule has 0 aliphatic heterocycles. The van der Waals surface area contributed by atoms with E-state index >= 15 is 0 Å². The second-order valence-corrected chi connectivity index (χ2v) is 3.79. The summed E-state index contributed by atoms with van der Waals surface area (Å²) in [7, 11) is 0. The third-order valence-corrected chi connectivity index (χ3v) is 2.69. The van der Waals surface area contributed by atoms with Gasteiger partial charge in [-0.05, 0) is 12.8 Å². The second kappa shape index (κ2) is 4.39. The molecule has 0 saturated heterocycles. The van der Waals surface area contributed by atoms with Crippen LogP contribution >= 0.6 is 0 Å². The first-order valence-corrected chi connectivity index (χ1v) is 5.12. The molecule has 2 rings (SSSR count). The van der Waals surface area contributed by atoms with Crippen molar-refractivity contribution >= 4 is 5.91 Å². The molecule has 2 atom stereocenters. The first-order valence-electron chi connectivity index (χ1n) is 5.12. The maximum Gasteiger partial charge on any atom is 0.273 e. The summed E-state index contributed by atoms with van der Waals surface area (Å²) in [4.78, 5) is 11.6. The minimum atomic E-state index is -0.436. The monoisotopic (exact) mass is 210 g/mol. The molecule has 6 heteroatoms. The number of aromatic nitrogens is 3. The fraction of sp³-hybridized carbons (Fsp3) is 0.667. The van der Waals surface area contributed by atoms with Gasteiger partial charge in [0.15, 0.2) is 5.69 Å². The summed E-state index contributed by atoms with van der Waals surface area (Å²) in [6, 6.07) is -0.150. The Morgan fingerprint density at radius 3 is 3.00 bits per heavy atom. The van der Waals surface area contributed by atoms with Crippen molar-refractivity contribution in [3.63, 3.8) is 0 Å². The van der Waals surface area contributed by atoms with Gasteiger partial charge in [-0.25, -0.2) is 0 Å². The minimum absolute atomic E-state index is 0.150. The van der Waals surface area contributed by atoms with Crippen molar-refractivity contribution in [3.8, 4) is 0 Å². The fourth-order valence-corrected chi connectivity index (χ4v) is 1.83. The molecule has 1 aromatic heterocycles. The summed E-state index contributed by atoms with van der Waals surface area (Å²) in [6.07, 6.45) is 4.58. The van der Waals surface area contributed by atoms with Gasteiger partial charge in [0.1, 0.15) is 0 Å². The zero-order valence-corrected chi connectivity index (χ0v) is 8.31. The second-order valence-electron chi connectivity index (χ2n) is 3.79. The van der Waals surface area contributed by atoms with E-state index in [1.807, 2.05) is 0 Å². The Morgan fingerprint density at radius 2 is 2.33 bits per heavy atom. The van der Waals surface area contributed by atoms with E-state index in [0.717, 1.165) is 25.7 Å². The highest BCUT2D eigenvalue weighted by molar-refractivity contribution is 5.92. The Balaban J connectivity index is 1.93. The molecule has 1 aliphatic carbocycles. The van der Waals surface area contributed by atoms with Gasteiger partial charge in [-0.1, -0.05) is 12.8 Å². The molecular weight excluding hydrogens is 196 g/mol. The van der Waals surface area contributed by atoms with E-state index in [-0.39, 0.29) is 17.6 Å². The zero-order chi connectivity index (χ0) is 10.7. The van der Waals surface area contributed by atoms with E-state index in [9.17, 15) is 9.90 Å². The molecular formula is C9H14N4O2. The van der Waals surface area contributed by atoms with Crippen molar-refractivity contribution in [1.82, 2.24) is 20.7 Å². The molecule has 6 nitrogen and oxygen atoms in total. The van der Waals surface area contributed by atoms with Crippen molar-refractivity contribution < 1.29 is 9.90 Å². The van der Waals surface area contributed by atoms with E-state index in [1.165, 1.54) is 6.20 Å². The molecule has 15 heavy (non-hydrogen) atoms. The highest BCUT2D eigenvalue weighted by Gasteiger charge is 2.25. The largest absolute Gasteiger partial charge is 0.391 e. The maximum atomic E-state index is 11.6. The number of amides is 1. The molecule has 3 N–H and O–H groups in total. The van der Waals surface area contributed by atoms with Gasteiger partial charge in [0, 0.05) is 0 Å². The normalized spacial score (nSPS) is 26.2. The van der Waals surface area contributed by atoms with E-state index in [2.05, 4.69) is 20.7 Å². The first kappa shape index (κ1) is 10.1. The van der Waals surface area contributed by atoms with Crippen LogP contribution in [-0.2, 0) is 0 Å². The summed E-state index contributed by atoms with van der Waals surface area (Å²) < 4.78 is 0. The number of aliphatic hydroxyl groups excluding tert-OH is 1.